The van der Waals surface area contributed by atoms with Gasteiger partial charge in [-0.25, -0.2) is 0 Å². The predicted molar refractivity (Wildman–Crippen MR) is 78.4 cm³/mol. The second-order valence-electron chi connectivity index (χ2n) is 4.99. The van der Waals surface area contributed by atoms with E-state index in [2.05, 4.69) is 18.3 Å². The molecular formula is C16H25NO2. The van der Waals surface area contributed by atoms with Crippen molar-refractivity contribution < 1.29 is 9.53 Å². The Labute approximate surface area is 116 Å². The summed E-state index contributed by atoms with van der Waals surface area (Å²) in [6.45, 7) is 6.17. The first-order valence-corrected chi connectivity index (χ1v) is 7.02. The number of amides is 1. The van der Waals surface area contributed by atoms with E-state index in [0.29, 0.717) is 6.42 Å². The molecule has 0 bridgehead atoms. The van der Waals surface area contributed by atoms with Crippen molar-refractivity contribution in [1.82, 2.24) is 5.32 Å². The summed E-state index contributed by atoms with van der Waals surface area (Å²) in [5, 5.41) is 3.04. The summed E-state index contributed by atoms with van der Waals surface area (Å²) < 4.78 is 5.35. The number of aryl methyl sites for hydroxylation is 1. The van der Waals surface area contributed by atoms with E-state index < -0.39 is 0 Å². The van der Waals surface area contributed by atoms with Gasteiger partial charge >= 0.3 is 0 Å². The molecule has 0 aliphatic rings. The van der Waals surface area contributed by atoms with E-state index in [1.165, 1.54) is 5.56 Å². The van der Waals surface area contributed by atoms with Gasteiger partial charge in [-0.1, -0.05) is 37.5 Å². The molecule has 0 heterocycles. The Hall–Kier alpha value is -1.51. The van der Waals surface area contributed by atoms with Crippen LogP contribution in [0.25, 0.3) is 0 Å². The van der Waals surface area contributed by atoms with E-state index in [0.717, 1.165) is 30.6 Å². The van der Waals surface area contributed by atoms with Crippen LogP contribution in [0.3, 0.4) is 0 Å². The molecule has 106 valence electrons. The molecule has 3 nitrogen and oxygen atoms in total. The van der Waals surface area contributed by atoms with Gasteiger partial charge in [0.15, 0.2) is 0 Å². The van der Waals surface area contributed by atoms with Gasteiger partial charge in [0, 0.05) is 12.0 Å². The lowest BCUT2D eigenvalue weighted by Crippen LogP contribution is -2.26. The largest absolute Gasteiger partial charge is 0.496 e. The lowest BCUT2D eigenvalue weighted by atomic mass is 10.0. The molecular weight excluding hydrogens is 238 g/mol. The molecule has 1 rings (SSSR count). The van der Waals surface area contributed by atoms with Crippen LogP contribution in [-0.2, 0) is 4.79 Å². The zero-order valence-electron chi connectivity index (χ0n) is 12.5. The molecule has 0 fully saturated rings. The Kier molecular flexibility index (Phi) is 6.40. The van der Waals surface area contributed by atoms with E-state index in [-0.39, 0.29) is 11.9 Å². The molecule has 0 aromatic heterocycles. The minimum absolute atomic E-state index is 0.0241. The maximum atomic E-state index is 11.8. The lowest BCUT2D eigenvalue weighted by Gasteiger charge is -2.18. The maximum Gasteiger partial charge on any atom is 0.220 e. The molecule has 1 N–H and O–H groups in total. The number of hydrogen-bond acceptors (Lipinski definition) is 2. The average Bonchev–Trinajstić information content (AvgIpc) is 2.39. The zero-order valence-corrected chi connectivity index (χ0v) is 12.5. The highest BCUT2D eigenvalue weighted by Gasteiger charge is 2.13. The summed E-state index contributed by atoms with van der Waals surface area (Å²) in [5.41, 5.74) is 2.20. The van der Waals surface area contributed by atoms with Gasteiger partial charge in [-0.15, -0.1) is 0 Å². The lowest BCUT2D eigenvalue weighted by molar-refractivity contribution is -0.121. The highest BCUT2D eigenvalue weighted by Crippen LogP contribution is 2.26. The number of carbonyl (C=O) groups is 1. The highest BCUT2D eigenvalue weighted by molar-refractivity contribution is 5.76. The molecule has 1 unspecified atom stereocenters. The number of carbonyl (C=O) groups excluding carboxylic acids is 1. The van der Waals surface area contributed by atoms with Crippen LogP contribution in [0.5, 0.6) is 5.75 Å². The van der Waals surface area contributed by atoms with Crippen LogP contribution in [0.15, 0.2) is 18.2 Å². The third kappa shape index (κ3) is 4.93. The molecule has 0 saturated heterocycles. The second-order valence-corrected chi connectivity index (χ2v) is 4.99. The maximum absolute atomic E-state index is 11.8. The number of benzene rings is 1. The SMILES string of the molecule is CCCCCC(=O)NC(C)c1cc(C)ccc1OC. The highest BCUT2D eigenvalue weighted by atomic mass is 16.5. The zero-order chi connectivity index (χ0) is 14.3. The standard InChI is InChI=1S/C16H25NO2/c1-5-6-7-8-16(18)17-13(3)14-11-12(2)9-10-15(14)19-4/h9-11,13H,5-8H2,1-4H3,(H,17,18). The predicted octanol–water partition coefficient (Wildman–Crippen LogP) is 3.76. The van der Waals surface area contributed by atoms with E-state index in [4.69, 9.17) is 4.74 Å². The van der Waals surface area contributed by atoms with Gasteiger partial charge in [0.05, 0.1) is 13.2 Å². The van der Waals surface area contributed by atoms with Gasteiger partial charge in [-0.3, -0.25) is 4.79 Å². The van der Waals surface area contributed by atoms with E-state index in [1.807, 2.05) is 26.0 Å². The van der Waals surface area contributed by atoms with E-state index in [1.54, 1.807) is 7.11 Å². The topological polar surface area (TPSA) is 38.3 Å². The van der Waals surface area contributed by atoms with Gasteiger partial charge in [0.25, 0.3) is 0 Å². The third-order valence-electron chi connectivity index (χ3n) is 3.24. The first-order valence-electron chi connectivity index (χ1n) is 7.02. The molecule has 0 radical (unpaired) electrons. The van der Waals surface area contributed by atoms with E-state index >= 15 is 0 Å². The van der Waals surface area contributed by atoms with Crippen molar-refractivity contribution >= 4 is 5.91 Å². The molecule has 1 amide bonds. The minimum atomic E-state index is -0.0241. The number of methoxy groups -OCH3 is 1. The second kappa shape index (κ2) is 7.82. The molecule has 0 aliphatic carbocycles. The van der Waals surface area contributed by atoms with Crippen molar-refractivity contribution in [2.75, 3.05) is 7.11 Å². The molecule has 1 aromatic carbocycles. The van der Waals surface area contributed by atoms with Crippen LogP contribution in [0.4, 0.5) is 0 Å². The summed E-state index contributed by atoms with van der Waals surface area (Å²) in [7, 11) is 1.66. The van der Waals surface area contributed by atoms with Crippen molar-refractivity contribution in [3.63, 3.8) is 0 Å². The van der Waals surface area contributed by atoms with Gasteiger partial charge in [-0.2, -0.15) is 0 Å². The number of rotatable bonds is 7. The number of hydrogen-bond donors (Lipinski definition) is 1. The monoisotopic (exact) mass is 263 g/mol. The van der Waals surface area contributed by atoms with Crippen molar-refractivity contribution in [3.8, 4) is 5.75 Å². The Morgan fingerprint density at radius 2 is 2.11 bits per heavy atom. The summed E-state index contributed by atoms with van der Waals surface area (Å²) >= 11 is 0. The Morgan fingerprint density at radius 3 is 2.74 bits per heavy atom. The van der Waals surface area contributed by atoms with Crippen LogP contribution >= 0.6 is 0 Å². The van der Waals surface area contributed by atoms with Crippen molar-refractivity contribution in [2.24, 2.45) is 0 Å². The summed E-state index contributed by atoms with van der Waals surface area (Å²) in [6.07, 6.45) is 3.80. The molecule has 0 aliphatic heterocycles. The molecule has 1 aromatic rings. The Balaban J connectivity index is 2.64. The minimum Gasteiger partial charge on any atom is -0.496 e. The molecule has 19 heavy (non-hydrogen) atoms. The van der Waals surface area contributed by atoms with Gasteiger partial charge in [0.1, 0.15) is 5.75 Å². The fraction of sp³-hybridized carbons (Fsp3) is 0.562. The third-order valence-corrected chi connectivity index (χ3v) is 3.24. The quantitative estimate of drug-likeness (QED) is 0.761. The molecule has 0 saturated carbocycles. The van der Waals surface area contributed by atoms with Crippen molar-refractivity contribution in [2.45, 2.75) is 52.5 Å². The Bertz CT molecular complexity index is 415. The first-order chi connectivity index (χ1) is 9.08. The van der Waals surface area contributed by atoms with Gasteiger partial charge in [0.2, 0.25) is 5.91 Å². The van der Waals surface area contributed by atoms with Gasteiger partial charge in [-0.05, 0) is 26.3 Å². The molecule has 3 heteroatoms. The number of unbranched alkanes of at least 4 members (excludes halogenated alkanes) is 2. The van der Waals surface area contributed by atoms with Crippen LogP contribution in [-0.4, -0.2) is 13.0 Å². The number of nitrogens with one attached hydrogen (secondary N) is 1. The molecule has 1 atom stereocenters. The summed E-state index contributed by atoms with van der Waals surface area (Å²) in [4.78, 5) is 11.8. The van der Waals surface area contributed by atoms with Crippen LogP contribution in [0.2, 0.25) is 0 Å². The van der Waals surface area contributed by atoms with E-state index in [9.17, 15) is 4.79 Å². The first kappa shape index (κ1) is 15.5. The van der Waals surface area contributed by atoms with Crippen molar-refractivity contribution in [3.05, 3.63) is 29.3 Å². The average molecular weight is 263 g/mol. The van der Waals surface area contributed by atoms with Crippen LogP contribution in [0, 0.1) is 6.92 Å². The molecule has 0 spiro atoms. The van der Waals surface area contributed by atoms with Crippen LogP contribution < -0.4 is 10.1 Å². The normalized spacial score (nSPS) is 12.0. The summed E-state index contributed by atoms with van der Waals surface area (Å²) in [5.74, 6) is 0.941. The smallest absolute Gasteiger partial charge is 0.220 e. The fourth-order valence-electron chi connectivity index (χ4n) is 2.12. The number of ether oxygens (including phenoxy) is 1. The van der Waals surface area contributed by atoms with Crippen LogP contribution in [0.1, 0.15) is 56.7 Å². The Morgan fingerprint density at radius 1 is 1.37 bits per heavy atom. The fourth-order valence-corrected chi connectivity index (χ4v) is 2.12. The van der Waals surface area contributed by atoms with Gasteiger partial charge < -0.3 is 10.1 Å². The summed E-state index contributed by atoms with van der Waals surface area (Å²) in [6, 6.07) is 6.00. The van der Waals surface area contributed by atoms with Crippen molar-refractivity contribution in [1.29, 1.82) is 0 Å².